The fraction of sp³-hybridized carbons (Fsp3) is 0.333. The van der Waals surface area contributed by atoms with Gasteiger partial charge in [0.1, 0.15) is 0 Å². The average Bonchev–Trinajstić information content (AvgIpc) is 3.03. The van der Waals surface area contributed by atoms with Gasteiger partial charge in [0.15, 0.2) is 0 Å². The summed E-state index contributed by atoms with van der Waals surface area (Å²) in [6.07, 6.45) is 1.69. The Morgan fingerprint density at radius 2 is 1.91 bits per heavy atom. The van der Waals surface area contributed by atoms with Gasteiger partial charge in [0, 0.05) is 23.5 Å². The summed E-state index contributed by atoms with van der Waals surface area (Å²) in [4.78, 5) is 27.0. The van der Waals surface area contributed by atoms with Crippen LogP contribution in [0.1, 0.15) is 44.5 Å². The van der Waals surface area contributed by atoms with Crippen LogP contribution in [0.4, 0.5) is 0 Å². The molecule has 2 aromatic rings. The molecule has 23 heavy (non-hydrogen) atoms. The second-order valence-corrected chi connectivity index (χ2v) is 6.55. The summed E-state index contributed by atoms with van der Waals surface area (Å²) in [5, 5.41) is 11.2. The van der Waals surface area contributed by atoms with E-state index in [2.05, 4.69) is 6.07 Å². The van der Waals surface area contributed by atoms with Gasteiger partial charge in [0.2, 0.25) is 0 Å². The van der Waals surface area contributed by atoms with Crippen LogP contribution in [0.2, 0.25) is 0 Å². The third kappa shape index (κ3) is 4.66. The molecule has 0 aliphatic rings. The second-order valence-electron chi connectivity index (χ2n) is 5.51. The number of aryl methyl sites for hydroxylation is 1. The monoisotopic (exact) mass is 331 g/mol. The summed E-state index contributed by atoms with van der Waals surface area (Å²) in [5.41, 5.74) is 1.38. The molecule has 0 bridgehead atoms. The zero-order valence-electron chi connectivity index (χ0n) is 13.4. The first kappa shape index (κ1) is 17.2. The van der Waals surface area contributed by atoms with Gasteiger partial charge in [-0.2, -0.15) is 0 Å². The third-order valence-electron chi connectivity index (χ3n) is 3.56. The number of rotatable bonds is 7. The predicted molar refractivity (Wildman–Crippen MR) is 92.4 cm³/mol. The van der Waals surface area contributed by atoms with Gasteiger partial charge >= 0.3 is 5.97 Å². The molecule has 0 aliphatic heterocycles. The Kier molecular flexibility index (Phi) is 5.93. The summed E-state index contributed by atoms with van der Waals surface area (Å²) in [6, 6.07) is 8.86. The van der Waals surface area contributed by atoms with Crippen LogP contribution in [0.15, 0.2) is 35.7 Å². The van der Waals surface area contributed by atoms with Crippen LogP contribution in [0.3, 0.4) is 0 Å². The maximum absolute atomic E-state index is 12.8. The van der Waals surface area contributed by atoms with Gasteiger partial charge in [-0.25, -0.2) is 4.79 Å². The first-order valence-corrected chi connectivity index (χ1v) is 8.56. The zero-order valence-corrected chi connectivity index (χ0v) is 14.2. The molecule has 0 spiro atoms. The fourth-order valence-electron chi connectivity index (χ4n) is 2.50. The number of hydrogen-bond acceptors (Lipinski definition) is 3. The van der Waals surface area contributed by atoms with E-state index in [9.17, 15) is 9.59 Å². The normalized spacial score (nSPS) is 10.5. The molecule has 122 valence electrons. The molecule has 0 aliphatic carbocycles. The van der Waals surface area contributed by atoms with Crippen molar-refractivity contribution in [2.24, 2.45) is 0 Å². The summed E-state index contributed by atoms with van der Waals surface area (Å²) in [5.74, 6) is -1.11. The largest absolute Gasteiger partial charge is 0.478 e. The number of carbonyl (C=O) groups excluding carboxylic acids is 1. The molecule has 1 heterocycles. The van der Waals surface area contributed by atoms with Gasteiger partial charge in [0.05, 0.1) is 5.56 Å². The smallest absolute Gasteiger partial charge is 0.335 e. The summed E-state index contributed by atoms with van der Waals surface area (Å²) in [7, 11) is 0. The van der Waals surface area contributed by atoms with Gasteiger partial charge in [-0.15, -0.1) is 11.3 Å². The van der Waals surface area contributed by atoms with Gasteiger partial charge < -0.3 is 10.0 Å². The highest BCUT2D eigenvalue weighted by Crippen LogP contribution is 2.15. The summed E-state index contributed by atoms with van der Waals surface area (Å²) in [6.45, 7) is 5.15. The summed E-state index contributed by atoms with van der Waals surface area (Å²) < 4.78 is 0. The topological polar surface area (TPSA) is 57.6 Å². The van der Waals surface area contributed by atoms with E-state index in [1.807, 2.05) is 18.4 Å². The molecule has 0 saturated carbocycles. The van der Waals surface area contributed by atoms with Crippen LogP contribution in [0.25, 0.3) is 0 Å². The highest BCUT2D eigenvalue weighted by molar-refractivity contribution is 7.09. The minimum Gasteiger partial charge on any atom is -0.478 e. The predicted octanol–water partition coefficient (Wildman–Crippen LogP) is 3.85. The number of carboxylic acid groups (broad SMARTS) is 1. The highest BCUT2D eigenvalue weighted by atomic mass is 32.1. The number of benzene rings is 1. The molecule has 5 heteroatoms. The lowest BCUT2D eigenvalue weighted by Crippen LogP contribution is -2.33. The molecule has 0 saturated heterocycles. The maximum atomic E-state index is 12.8. The average molecular weight is 331 g/mol. The second kappa shape index (κ2) is 7.92. The first-order valence-electron chi connectivity index (χ1n) is 7.68. The molecular formula is C18H21NO3S. The molecule has 1 aromatic carbocycles. The number of aromatic carboxylic acids is 1. The highest BCUT2D eigenvalue weighted by Gasteiger charge is 2.17. The minimum atomic E-state index is -1.01. The van der Waals surface area contributed by atoms with Crippen LogP contribution in [-0.2, 0) is 6.42 Å². The van der Waals surface area contributed by atoms with E-state index in [1.54, 1.807) is 35.3 Å². The minimum absolute atomic E-state index is 0.102. The maximum Gasteiger partial charge on any atom is 0.335 e. The van der Waals surface area contributed by atoms with Crippen molar-refractivity contribution in [1.82, 2.24) is 4.90 Å². The van der Waals surface area contributed by atoms with E-state index < -0.39 is 5.97 Å². The van der Waals surface area contributed by atoms with Crippen molar-refractivity contribution in [2.45, 2.75) is 26.7 Å². The van der Waals surface area contributed by atoms with Crippen molar-refractivity contribution in [2.75, 3.05) is 13.1 Å². The van der Waals surface area contributed by atoms with Gasteiger partial charge in [0.25, 0.3) is 5.91 Å². The van der Waals surface area contributed by atoms with E-state index in [0.29, 0.717) is 18.7 Å². The lowest BCUT2D eigenvalue weighted by molar-refractivity contribution is 0.0696. The van der Waals surface area contributed by atoms with E-state index in [0.717, 1.165) is 18.4 Å². The van der Waals surface area contributed by atoms with E-state index in [4.69, 9.17) is 5.11 Å². The van der Waals surface area contributed by atoms with Crippen LogP contribution in [-0.4, -0.2) is 35.0 Å². The standard InChI is InChI=1S/C18H21NO3S/c1-3-7-19(8-6-16-5-4-9-23-16)17(20)14-10-13(2)11-15(12-14)18(21)22/h4-5,9-12H,3,6-8H2,1-2H3,(H,21,22). The molecule has 0 fully saturated rings. The lowest BCUT2D eigenvalue weighted by atomic mass is 10.1. The van der Waals surface area contributed by atoms with Crippen LogP contribution >= 0.6 is 11.3 Å². The Hall–Kier alpha value is -2.14. The molecule has 1 amide bonds. The summed E-state index contributed by atoms with van der Waals surface area (Å²) >= 11 is 1.68. The Morgan fingerprint density at radius 3 is 2.52 bits per heavy atom. The quantitative estimate of drug-likeness (QED) is 0.838. The van der Waals surface area contributed by atoms with Crippen molar-refractivity contribution >= 4 is 23.2 Å². The van der Waals surface area contributed by atoms with Crippen molar-refractivity contribution < 1.29 is 14.7 Å². The van der Waals surface area contributed by atoms with Gasteiger partial charge in [-0.05, 0) is 55.0 Å². The number of carboxylic acids is 1. The van der Waals surface area contributed by atoms with Crippen molar-refractivity contribution in [3.63, 3.8) is 0 Å². The number of hydrogen-bond donors (Lipinski definition) is 1. The van der Waals surface area contributed by atoms with Crippen molar-refractivity contribution in [3.8, 4) is 0 Å². The number of thiophene rings is 1. The van der Waals surface area contributed by atoms with Crippen LogP contribution in [0, 0.1) is 6.92 Å². The molecule has 4 nitrogen and oxygen atoms in total. The number of amides is 1. The molecule has 0 radical (unpaired) electrons. The van der Waals surface area contributed by atoms with Crippen LogP contribution in [0.5, 0.6) is 0 Å². The van der Waals surface area contributed by atoms with E-state index >= 15 is 0 Å². The molecular weight excluding hydrogens is 310 g/mol. The van der Waals surface area contributed by atoms with E-state index in [-0.39, 0.29) is 11.5 Å². The van der Waals surface area contributed by atoms with E-state index in [1.165, 1.54) is 10.9 Å². The molecule has 0 unspecified atom stereocenters. The van der Waals surface area contributed by atoms with Gasteiger partial charge in [-0.1, -0.05) is 13.0 Å². The molecule has 1 aromatic heterocycles. The molecule has 2 rings (SSSR count). The van der Waals surface area contributed by atoms with Crippen molar-refractivity contribution in [3.05, 3.63) is 57.3 Å². The Bertz CT molecular complexity index is 680. The fourth-order valence-corrected chi connectivity index (χ4v) is 3.20. The Labute approximate surface area is 140 Å². The molecule has 0 atom stereocenters. The Balaban J connectivity index is 2.18. The number of carbonyl (C=O) groups is 2. The van der Waals surface area contributed by atoms with Crippen molar-refractivity contribution in [1.29, 1.82) is 0 Å². The van der Waals surface area contributed by atoms with Crippen LogP contribution < -0.4 is 0 Å². The first-order chi connectivity index (χ1) is 11.0. The SMILES string of the molecule is CCCN(CCc1cccs1)C(=O)c1cc(C)cc(C(=O)O)c1. The zero-order chi connectivity index (χ0) is 16.8. The Morgan fingerprint density at radius 1 is 1.17 bits per heavy atom. The third-order valence-corrected chi connectivity index (χ3v) is 4.50. The molecule has 1 N–H and O–H groups in total. The lowest BCUT2D eigenvalue weighted by Gasteiger charge is -2.22. The van der Waals surface area contributed by atoms with Gasteiger partial charge in [-0.3, -0.25) is 4.79 Å². The number of nitrogens with zero attached hydrogens (tertiary/aromatic N) is 1.